The number of rotatable bonds is 3. The van der Waals surface area contributed by atoms with Gasteiger partial charge in [0, 0.05) is 30.2 Å². The Labute approximate surface area is 175 Å². The molecule has 1 aromatic carbocycles. The van der Waals surface area contributed by atoms with Crippen LogP contribution in [0.3, 0.4) is 0 Å². The molecule has 2 aliphatic rings. The summed E-state index contributed by atoms with van der Waals surface area (Å²) in [6, 6.07) is 7.79. The number of hydrogen-bond acceptors (Lipinski definition) is 3. The summed E-state index contributed by atoms with van der Waals surface area (Å²) in [7, 11) is 0. The zero-order valence-electron chi connectivity index (χ0n) is 17.1. The molecule has 1 fully saturated rings. The molecule has 0 bridgehead atoms. The summed E-state index contributed by atoms with van der Waals surface area (Å²) < 4.78 is 5.01. The maximum absolute atomic E-state index is 13.1. The van der Waals surface area contributed by atoms with Crippen LogP contribution in [0.15, 0.2) is 41.2 Å². The summed E-state index contributed by atoms with van der Waals surface area (Å²) in [5, 5.41) is 4.39. The molecule has 0 unspecified atom stereocenters. The molecule has 30 heavy (non-hydrogen) atoms. The Hall–Kier alpha value is -3.02. The van der Waals surface area contributed by atoms with Gasteiger partial charge < -0.3 is 19.6 Å². The van der Waals surface area contributed by atoms with Crippen LogP contribution < -0.4 is 5.32 Å². The Morgan fingerprint density at radius 2 is 1.90 bits per heavy atom. The van der Waals surface area contributed by atoms with Gasteiger partial charge in [-0.15, -0.1) is 0 Å². The summed E-state index contributed by atoms with van der Waals surface area (Å²) in [6.45, 7) is 1.27. The molecular weight excluding hydrogens is 378 g/mol. The number of para-hydroxylation sites is 1. The van der Waals surface area contributed by atoms with Gasteiger partial charge in [-0.1, -0.05) is 18.6 Å². The Balaban J connectivity index is 1.27. The number of aryl methyl sites for hydroxylation is 2. The maximum atomic E-state index is 13.1. The molecule has 0 radical (unpaired) electrons. The molecule has 6 heteroatoms. The number of furan rings is 1. The largest absolute Gasteiger partial charge is 0.472 e. The molecule has 2 N–H and O–H groups in total. The van der Waals surface area contributed by atoms with Crippen LogP contribution in [0.2, 0.25) is 0 Å². The normalized spacial score (nSPS) is 17.5. The van der Waals surface area contributed by atoms with Gasteiger partial charge in [-0.2, -0.15) is 0 Å². The van der Waals surface area contributed by atoms with Gasteiger partial charge in [0.05, 0.1) is 22.9 Å². The molecule has 0 atom stereocenters. The maximum Gasteiger partial charge on any atom is 0.257 e. The highest BCUT2D eigenvalue weighted by Gasteiger charge is 2.26. The number of amides is 2. The number of benzene rings is 1. The van der Waals surface area contributed by atoms with Gasteiger partial charge in [-0.3, -0.25) is 9.59 Å². The molecule has 5 rings (SSSR count). The fourth-order valence-corrected chi connectivity index (χ4v) is 4.85. The van der Waals surface area contributed by atoms with E-state index in [4.69, 9.17) is 4.42 Å². The number of H-pyrrole nitrogens is 1. The number of piperidine rings is 1. The molecule has 2 aromatic heterocycles. The van der Waals surface area contributed by atoms with E-state index in [1.807, 2.05) is 17.0 Å². The van der Waals surface area contributed by atoms with Crippen molar-refractivity contribution in [3.05, 3.63) is 59.2 Å². The Morgan fingerprint density at radius 1 is 1.07 bits per heavy atom. The fraction of sp³-hybridized carbons (Fsp3) is 0.417. The monoisotopic (exact) mass is 405 g/mol. The van der Waals surface area contributed by atoms with Gasteiger partial charge in [-0.05, 0) is 56.2 Å². The van der Waals surface area contributed by atoms with E-state index in [1.54, 1.807) is 6.07 Å². The minimum Gasteiger partial charge on any atom is -0.472 e. The molecule has 6 nitrogen and oxygen atoms in total. The number of carbonyl (C=O) groups excluding carboxylic acids is 2. The SMILES string of the molecule is O=C(NC1CCN(C(=O)c2ccoc2)CC1)c1cccc2c3c([nH]c12)CCCCC3. The number of fused-ring (bicyclic) bond motifs is 3. The van der Waals surface area contributed by atoms with E-state index in [-0.39, 0.29) is 17.9 Å². The number of carbonyl (C=O) groups is 2. The smallest absolute Gasteiger partial charge is 0.257 e. The van der Waals surface area contributed by atoms with Gasteiger partial charge in [-0.25, -0.2) is 0 Å². The molecule has 3 aromatic rings. The highest BCUT2D eigenvalue weighted by molar-refractivity contribution is 6.07. The van der Waals surface area contributed by atoms with E-state index < -0.39 is 0 Å². The molecule has 2 amide bonds. The molecule has 156 valence electrons. The second-order valence-electron chi connectivity index (χ2n) is 8.42. The molecular formula is C24H27N3O3. The van der Waals surface area contributed by atoms with Crippen molar-refractivity contribution in [2.24, 2.45) is 0 Å². The van der Waals surface area contributed by atoms with Gasteiger partial charge >= 0.3 is 0 Å². The van der Waals surface area contributed by atoms with Crippen molar-refractivity contribution in [1.29, 1.82) is 0 Å². The van der Waals surface area contributed by atoms with Crippen LogP contribution in [0.25, 0.3) is 10.9 Å². The Morgan fingerprint density at radius 3 is 2.70 bits per heavy atom. The van der Waals surface area contributed by atoms with Crippen LogP contribution in [0, 0.1) is 0 Å². The van der Waals surface area contributed by atoms with Crippen LogP contribution in [-0.2, 0) is 12.8 Å². The predicted molar refractivity (Wildman–Crippen MR) is 115 cm³/mol. The fourth-order valence-electron chi connectivity index (χ4n) is 4.85. The van der Waals surface area contributed by atoms with Crippen LogP contribution in [0.5, 0.6) is 0 Å². The van der Waals surface area contributed by atoms with E-state index >= 15 is 0 Å². The Bertz CT molecular complexity index is 1060. The quantitative estimate of drug-likeness (QED) is 0.645. The molecule has 1 aliphatic heterocycles. The second kappa shape index (κ2) is 8.01. The number of nitrogens with one attached hydrogen (secondary N) is 2. The summed E-state index contributed by atoms with van der Waals surface area (Å²) in [6.07, 6.45) is 10.3. The lowest BCUT2D eigenvalue weighted by Crippen LogP contribution is -2.46. The highest BCUT2D eigenvalue weighted by atomic mass is 16.3. The molecule has 1 saturated heterocycles. The van der Waals surface area contributed by atoms with Crippen LogP contribution in [0.4, 0.5) is 0 Å². The number of nitrogens with zero attached hydrogens (tertiary/aromatic N) is 1. The van der Waals surface area contributed by atoms with Gasteiger partial charge in [0.1, 0.15) is 6.26 Å². The first-order chi connectivity index (χ1) is 14.7. The third kappa shape index (κ3) is 3.51. The number of hydrogen-bond donors (Lipinski definition) is 2. The molecule has 0 spiro atoms. The van der Waals surface area contributed by atoms with Gasteiger partial charge in [0.25, 0.3) is 11.8 Å². The van der Waals surface area contributed by atoms with E-state index in [2.05, 4.69) is 16.4 Å². The zero-order valence-corrected chi connectivity index (χ0v) is 17.1. The van der Waals surface area contributed by atoms with E-state index in [9.17, 15) is 9.59 Å². The summed E-state index contributed by atoms with van der Waals surface area (Å²) in [5.74, 6) is -0.0391. The average Bonchev–Trinajstić information content (AvgIpc) is 3.36. The van der Waals surface area contributed by atoms with E-state index in [0.29, 0.717) is 18.7 Å². The third-order valence-electron chi connectivity index (χ3n) is 6.51. The third-order valence-corrected chi connectivity index (χ3v) is 6.51. The number of likely N-dealkylation sites (tertiary alicyclic amines) is 1. The van der Waals surface area contributed by atoms with E-state index in [0.717, 1.165) is 36.8 Å². The summed E-state index contributed by atoms with van der Waals surface area (Å²) in [5.41, 5.74) is 4.96. The zero-order chi connectivity index (χ0) is 20.5. The summed E-state index contributed by atoms with van der Waals surface area (Å²) in [4.78, 5) is 30.9. The van der Waals surface area contributed by atoms with Crippen molar-refractivity contribution in [1.82, 2.24) is 15.2 Å². The van der Waals surface area contributed by atoms with Crippen molar-refractivity contribution in [2.75, 3.05) is 13.1 Å². The predicted octanol–water partition coefficient (Wildman–Crippen LogP) is 4.06. The highest BCUT2D eigenvalue weighted by Crippen LogP contribution is 2.30. The van der Waals surface area contributed by atoms with Crippen molar-refractivity contribution in [3.63, 3.8) is 0 Å². The number of aromatic amines is 1. The van der Waals surface area contributed by atoms with Gasteiger partial charge in [0.15, 0.2) is 0 Å². The minimum absolute atomic E-state index is 0.00817. The minimum atomic E-state index is -0.0309. The lowest BCUT2D eigenvalue weighted by Gasteiger charge is -2.32. The Kier molecular flexibility index (Phi) is 5.07. The first-order valence-corrected chi connectivity index (χ1v) is 11.0. The van der Waals surface area contributed by atoms with Crippen LogP contribution >= 0.6 is 0 Å². The summed E-state index contributed by atoms with van der Waals surface area (Å²) >= 11 is 0. The van der Waals surface area contributed by atoms with Crippen molar-refractivity contribution < 1.29 is 14.0 Å². The standard InChI is InChI=1S/C24H27N3O3/c28-23(25-17-9-12-27(13-10-17)24(29)16-11-14-30-15-16)20-7-4-6-19-18-5-2-1-3-8-21(18)26-22(19)20/h4,6-7,11,14-15,17,26H,1-3,5,8-10,12-13H2,(H,25,28). The van der Waals surface area contributed by atoms with Crippen LogP contribution in [-0.4, -0.2) is 40.8 Å². The van der Waals surface area contributed by atoms with Crippen molar-refractivity contribution in [2.45, 2.75) is 51.0 Å². The molecule has 3 heterocycles. The molecule has 0 saturated carbocycles. The molecule has 1 aliphatic carbocycles. The first-order valence-electron chi connectivity index (χ1n) is 11.0. The van der Waals surface area contributed by atoms with Crippen LogP contribution in [0.1, 0.15) is 64.1 Å². The average molecular weight is 405 g/mol. The second-order valence-corrected chi connectivity index (χ2v) is 8.42. The number of aromatic nitrogens is 1. The van der Waals surface area contributed by atoms with Crippen molar-refractivity contribution >= 4 is 22.7 Å². The first kappa shape index (κ1) is 19.0. The van der Waals surface area contributed by atoms with Gasteiger partial charge in [0.2, 0.25) is 0 Å². The lowest BCUT2D eigenvalue weighted by molar-refractivity contribution is 0.0697. The van der Waals surface area contributed by atoms with Crippen molar-refractivity contribution in [3.8, 4) is 0 Å². The topological polar surface area (TPSA) is 78.3 Å². The lowest BCUT2D eigenvalue weighted by atomic mass is 10.0. The van der Waals surface area contributed by atoms with E-state index in [1.165, 1.54) is 48.4 Å².